The van der Waals surface area contributed by atoms with Crippen LogP contribution in [0.3, 0.4) is 0 Å². The van der Waals surface area contributed by atoms with Crippen LogP contribution in [0.2, 0.25) is 0 Å². The van der Waals surface area contributed by atoms with Gasteiger partial charge in [0.05, 0.1) is 0 Å². The lowest BCUT2D eigenvalue weighted by molar-refractivity contribution is 0.0664. The molecule has 2 rings (SSSR count). The van der Waals surface area contributed by atoms with Gasteiger partial charge in [-0.05, 0) is 29.7 Å². The maximum Gasteiger partial charge on any atom is 0.317 e. The Labute approximate surface area is 150 Å². The molecule has 1 N–H and O–H groups in total. The number of urea groups is 1. The summed E-state index contributed by atoms with van der Waals surface area (Å²) in [5, 5.41) is 2.96. The fourth-order valence-electron chi connectivity index (χ4n) is 2.65. The summed E-state index contributed by atoms with van der Waals surface area (Å²) >= 11 is 0. The monoisotopic (exact) mass is 346 g/mol. The molecule has 0 aliphatic carbocycles. The normalized spacial score (nSPS) is 15.1. The molecule has 138 valence electrons. The van der Waals surface area contributed by atoms with Crippen molar-refractivity contribution in [3.8, 4) is 0 Å². The second-order valence-corrected chi connectivity index (χ2v) is 7.94. The van der Waals surface area contributed by atoms with Crippen molar-refractivity contribution >= 4 is 17.6 Å². The Kier molecular flexibility index (Phi) is 5.93. The van der Waals surface area contributed by atoms with E-state index in [-0.39, 0.29) is 17.4 Å². The number of nitrogens with one attached hydrogen (secondary N) is 1. The van der Waals surface area contributed by atoms with Crippen molar-refractivity contribution < 1.29 is 9.59 Å². The number of nitrogens with zero attached hydrogens (tertiary/aromatic N) is 3. The minimum absolute atomic E-state index is 0.0278. The second-order valence-electron chi connectivity index (χ2n) is 7.94. The van der Waals surface area contributed by atoms with Gasteiger partial charge in [-0.1, -0.05) is 20.8 Å². The van der Waals surface area contributed by atoms with E-state index in [1.807, 2.05) is 48.2 Å². The van der Waals surface area contributed by atoms with Crippen molar-refractivity contribution in [3.05, 3.63) is 29.8 Å². The summed E-state index contributed by atoms with van der Waals surface area (Å²) < 4.78 is 0. The molecule has 0 aromatic heterocycles. The van der Waals surface area contributed by atoms with Crippen LogP contribution in [0.25, 0.3) is 0 Å². The fraction of sp³-hybridized carbons (Fsp3) is 0.579. The molecule has 0 bridgehead atoms. The number of benzene rings is 1. The van der Waals surface area contributed by atoms with Crippen molar-refractivity contribution in [2.45, 2.75) is 20.8 Å². The van der Waals surface area contributed by atoms with Crippen molar-refractivity contribution in [2.24, 2.45) is 5.41 Å². The van der Waals surface area contributed by atoms with Crippen molar-refractivity contribution in [1.29, 1.82) is 0 Å². The quantitative estimate of drug-likeness (QED) is 0.913. The Hall–Kier alpha value is -2.24. The summed E-state index contributed by atoms with van der Waals surface area (Å²) in [4.78, 5) is 30.4. The summed E-state index contributed by atoms with van der Waals surface area (Å²) in [5.74, 6) is 0.0278. The fourth-order valence-corrected chi connectivity index (χ4v) is 2.65. The summed E-state index contributed by atoms with van der Waals surface area (Å²) in [5.41, 5.74) is 1.82. The van der Waals surface area contributed by atoms with Crippen LogP contribution in [0, 0.1) is 5.41 Å². The van der Waals surface area contributed by atoms with Gasteiger partial charge in [0.2, 0.25) is 0 Å². The molecule has 1 aliphatic rings. The van der Waals surface area contributed by atoms with Crippen LogP contribution in [0.15, 0.2) is 24.3 Å². The molecular formula is C19H30N4O2. The SMILES string of the molecule is CN(C)c1ccc(C(=O)N2CCN(C(=O)NCC(C)(C)C)CC2)cc1. The Morgan fingerprint density at radius 2 is 1.52 bits per heavy atom. The predicted molar refractivity (Wildman–Crippen MR) is 101 cm³/mol. The molecule has 0 saturated carbocycles. The number of anilines is 1. The van der Waals surface area contributed by atoms with E-state index in [1.54, 1.807) is 4.90 Å². The minimum Gasteiger partial charge on any atom is -0.378 e. The molecule has 0 radical (unpaired) electrons. The van der Waals surface area contributed by atoms with Crippen LogP contribution in [-0.2, 0) is 0 Å². The lowest BCUT2D eigenvalue weighted by Crippen LogP contribution is -2.53. The second kappa shape index (κ2) is 7.76. The first-order chi connectivity index (χ1) is 11.7. The van der Waals surface area contributed by atoms with E-state index in [0.29, 0.717) is 38.3 Å². The van der Waals surface area contributed by atoms with Crippen LogP contribution >= 0.6 is 0 Å². The Morgan fingerprint density at radius 3 is 2.00 bits per heavy atom. The summed E-state index contributed by atoms with van der Waals surface area (Å²) in [6, 6.07) is 7.57. The molecule has 0 atom stereocenters. The van der Waals surface area contributed by atoms with Crippen molar-refractivity contribution in [3.63, 3.8) is 0 Å². The van der Waals surface area contributed by atoms with E-state index < -0.39 is 0 Å². The van der Waals surface area contributed by atoms with Crippen molar-refractivity contribution in [1.82, 2.24) is 15.1 Å². The summed E-state index contributed by atoms with van der Waals surface area (Å²) in [6.07, 6.45) is 0. The molecule has 6 heteroatoms. The predicted octanol–water partition coefficient (Wildman–Crippen LogP) is 2.27. The van der Waals surface area contributed by atoms with Gasteiger partial charge < -0.3 is 20.0 Å². The maximum atomic E-state index is 12.6. The maximum absolute atomic E-state index is 12.6. The molecule has 1 aromatic rings. The minimum atomic E-state index is -0.0441. The highest BCUT2D eigenvalue weighted by molar-refractivity contribution is 5.94. The molecule has 1 aliphatic heterocycles. The molecule has 1 saturated heterocycles. The lowest BCUT2D eigenvalue weighted by atomic mass is 9.97. The molecule has 1 aromatic carbocycles. The molecule has 1 fully saturated rings. The summed E-state index contributed by atoms with van der Waals surface area (Å²) in [6.45, 7) is 9.18. The average molecular weight is 346 g/mol. The standard InChI is InChI=1S/C19H30N4O2/c1-19(2,3)14-20-18(25)23-12-10-22(11-13-23)17(24)15-6-8-16(9-7-15)21(4)5/h6-9H,10-14H2,1-5H3,(H,20,25). The average Bonchev–Trinajstić information content (AvgIpc) is 2.58. The van der Waals surface area contributed by atoms with Gasteiger partial charge in [0, 0.05) is 58.1 Å². The van der Waals surface area contributed by atoms with Crippen LogP contribution < -0.4 is 10.2 Å². The van der Waals surface area contributed by atoms with Gasteiger partial charge >= 0.3 is 6.03 Å². The van der Waals surface area contributed by atoms with Crippen LogP contribution in [0.1, 0.15) is 31.1 Å². The topological polar surface area (TPSA) is 55.9 Å². The lowest BCUT2D eigenvalue weighted by Gasteiger charge is -2.35. The van der Waals surface area contributed by atoms with E-state index in [1.165, 1.54) is 0 Å². The highest BCUT2D eigenvalue weighted by Gasteiger charge is 2.25. The van der Waals surface area contributed by atoms with Gasteiger partial charge in [0.25, 0.3) is 5.91 Å². The van der Waals surface area contributed by atoms with Gasteiger partial charge in [-0.15, -0.1) is 0 Å². The number of carbonyl (C=O) groups excluding carboxylic acids is 2. The number of hydrogen-bond donors (Lipinski definition) is 1. The van der Waals surface area contributed by atoms with E-state index in [4.69, 9.17) is 0 Å². The number of hydrogen-bond acceptors (Lipinski definition) is 3. The van der Waals surface area contributed by atoms with Crippen molar-refractivity contribution in [2.75, 3.05) is 51.7 Å². The molecule has 0 spiro atoms. The molecule has 0 unspecified atom stereocenters. The third-order valence-electron chi connectivity index (χ3n) is 4.25. The smallest absolute Gasteiger partial charge is 0.317 e. The van der Waals surface area contributed by atoms with Gasteiger partial charge in [-0.3, -0.25) is 4.79 Å². The first kappa shape index (κ1) is 19.1. The van der Waals surface area contributed by atoms with Gasteiger partial charge in [-0.25, -0.2) is 4.79 Å². The summed E-state index contributed by atoms with van der Waals surface area (Å²) in [7, 11) is 3.95. The molecule has 1 heterocycles. The highest BCUT2D eigenvalue weighted by atomic mass is 16.2. The van der Waals surface area contributed by atoms with Crippen LogP contribution in [0.5, 0.6) is 0 Å². The van der Waals surface area contributed by atoms with E-state index >= 15 is 0 Å². The van der Waals surface area contributed by atoms with E-state index in [0.717, 1.165) is 5.69 Å². The Balaban J connectivity index is 1.86. The van der Waals surface area contributed by atoms with Gasteiger partial charge in [-0.2, -0.15) is 0 Å². The molecule has 3 amide bonds. The molecular weight excluding hydrogens is 316 g/mol. The zero-order valence-electron chi connectivity index (χ0n) is 16.0. The first-order valence-electron chi connectivity index (χ1n) is 8.77. The zero-order chi connectivity index (χ0) is 18.6. The zero-order valence-corrected chi connectivity index (χ0v) is 16.0. The number of amides is 3. The van der Waals surface area contributed by atoms with Crippen LogP contribution in [-0.4, -0.2) is 68.6 Å². The highest BCUT2D eigenvalue weighted by Crippen LogP contribution is 2.15. The molecule has 25 heavy (non-hydrogen) atoms. The Morgan fingerprint density at radius 1 is 1.00 bits per heavy atom. The third-order valence-corrected chi connectivity index (χ3v) is 4.25. The van der Waals surface area contributed by atoms with Gasteiger partial charge in [0.15, 0.2) is 0 Å². The molecule has 6 nitrogen and oxygen atoms in total. The van der Waals surface area contributed by atoms with Gasteiger partial charge in [0.1, 0.15) is 0 Å². The van der Waals surface area contributed by atoms with E-state index in [9.17, 15) is 9.59 Å². The first-order valence-corrected chi connectivity index (χ1v) is 8.77. The van der Waals surface area contributed by atoms with Crippen LogP contribution in [0.4, 0.5) is 10.5 Å². The Bertz CT molecular complexity index is 597. The number of carbonyl (C=O) groups is 2. The third kappa shape index (κ3) is 5.37. The number of rotatable bonds is 3. The number of piperazine rings is 1. The largest absolute Gasteiger partial charge is 0.378 e. The van der Waals surface area contributed by atoms with E-state index in [2.05, 4.69) is 26.1 Å².